The van der Waals surface area contributed by atoms with Crippen molar-refractivity contribution in [2.45, 2.75) is 26.2 Å². The van der Waals surface area contributed by atoms with Gasteiger partial charge in [-0.05, 0) is 48.4 Å². The molecular formula is C22H20Cl2N2O3. The molecule has 2 aromatic rings. The van der Waals surface area contributed by atoms with Gasteiger partial charge in [-0.1, -0.05) is 42.6 Å². The van der Waals surface area contributed by atoms with Crippen molar-refractivity contribution >= 4 is 46.1 Å². The topological polar surface area (TPSA) is 95.9 Å². The lowest BCUT2D eigenvalue weighted by Gasteiger charge is -2.16. The van der Waals surface area contributed by atoms with Gasteiger partial charge >= 0.3 is 0 Å². The zero-order chi connectivity index (χ0) is 21.1. The maximum absolute atomic E-state index is 11.5. The highest BCUT2D eigenvalue weighted by Crippen LogP contribution is 2.39. The molecule has 0 bridgehead atoms. The Morgan fingerprint density at radius 3 is 2.55 bits per heavy atom. The van der Waals surface area contributed by atoms with Crippen LogP contribution in [0.2, 0.25) is 5.02 Å². The zero-order valence-corrected chi connectivity index (χ0v) is 17.3. The first-order valence-electron chi connectivity index (χ1n) is 9.09. The minimum absolute atomic E-state index is 0.00185. The van der Waals surface area contributed by atoms with Crippen LogP contribution in [0.15, 0.2) is 52.5 Å². The van der Waals surface area contributed by atoms with Crippen molar-refractivity contribution < 1.29 is 15.0 Å². The van der Waals surface area contributed by atoms with Crippen LogP contribution in [0.4, 0.5) is 11.4 Å². The van der Waals surface area contributed by atoms with Gasteiger partial charge in [-0.3, -0.25) is 4.79 Å². The van der Waals surface area contributed by atoms with Crippen molar-refractivity contribution in [3.05, 3.63) is 69.2 Å². The average molecular weight is 431 g/mol. The number of rotatable bonds is 5. The van der Waals surface area contributed by atoms with E-state index in [1.54, 1.807) is 24.3 Å². The maximum Gasteiger partial charge on any atom is 0.197 e. The van der Waals surface area contributed by atoms with E-state index >= 15 is 0 Å². The molecule has 0 saturated heterocycles. The van der Waals surface area contributed by atoms with Crippen LogP contribution in [0, 0.1) is 0 Å². The standard InChI is InChI=1S/C22H20Cl2N2O3/c1-2-3-15-21(25)18(26-14-5-7-20(28)17(24)11-14)10-13(22(15)29)8-12-4-6-19(27)16(23)9-12/h4-7,9-11,27,29H,2-3,8,25H2,1H3. The largest absolute Gasteiger partial charge is 0.507 e. The Hall–Kier alpha value is -2.76. The average Bonchev–Trinajstić information content (AvgIpc) is 2.68. The molecule has 150 valence electrons. The molecule has 0 aromatic heterocycles. The number of phenols is 2. The number of hydrogen-bond acceptors (Lipinski definition) is 5. The zero-order valence-electron chi connectivity index (χ0n) is 15.7. The summed E-state index contributed by atoms with van der Waals surface area (Å²) < 4.78 is 0. The predicted octanol–water partition coefficient (Wildman–Crippen LogP) is 5.21. The molecule has 0 saturated carbocycles. The minimum Gasteiger partial charge on any atom is -0.507 e. The van der Waals surface area contributed by atoms with E-state index in [-0.39, 0.29) is 27.3 Å². The van der Waals surface area contributed by atoms with Crippen LogP contribution in [0.1, 0.15) is 30.0 Å². The van der Waals surface area contributed by atoms with Gasteiger partial charge in [0, 0.05) is 17.5 Å². The number of anilines is 1. The van der Waals surface area contributed by atoms with Crippen LogP contribution in [0.5, 0.6) is 11.5 Å². The van der Waals surface area contributed by atoms with Gasteiger partial charge in [-0.15, -0.1) is 0 Å². The van der Waals surface area contributed by atoms with E-state index in [2.05, 4.69) is 4.99 Å². The molecule has 0 aliphatic heterocycles. The number of nitrogens with zero attached hydrogens (tertiary/aromatic N) is 1. The molecule has 1 aliphatic carbocycles. The SMILES string of the molecule is CCCc1c(N)c(N=C2C=CC(=O)C(Cl)=C2)cc(Cc2ccc(O)c(Cl)c2)c1O. The van der Waals surface area contributed by atoms with Crippen molar-refractivity contribution in [1.82, 2.24) is 0 Å². The monoisotopic (exact) mass is 430 g/mol. The highest BCUT2D eigenvalue weighted by atomic mass is 35.5. The van der Waals surface area contributed by atoms with Crippen LogP contribution >= 0.6 is 23.2 Å². The van der Waals surface area contributed by atoms with Gasteiger partial charge in [-0.25, -0.2) is 4.99 Å². The molecule has 0 heterocycles. The van der Waals surface area contributed by atoms with E-state index in [9.17, 15) is 15.0 Å². The van der Waals surface area contributed by atoms with E-state index in [0.717, 1.165) is 12.0 Å². The third-order valence-electron chi connectivity index (χ3n) is 4.57. The van der Waals surface area contributed by atoms with E-state index < -0.39 is 0 Å². The van der Waals surface area contributed by atoms with E-state index in [0.29, 0.717) is 41.1 Å². The number of allylic oxidation sites excluding steroid dienone is 4. The fourth-order valence-corrected chi connectivity index (χ4v) is 3.47. The van der Waals surface area contributed by atoms with Crippen LogP contribution < -0.4 is 5.73 Å². The number of carbonyl (C=O) groups excluding carboxylic acids is 1. The van der Waals surface area contributed by atoms with Crippen molar-refractivity contribution in [3.8, 4) is 11.5 Å². The summed E-state index contributed by atoms with van der Waals surface area (Å²) in [5.74, 6) is -0.153. The smallest absolute Gasteiger partial charge is 0.197 e. The first-order valence-corrected chi connectivity index (χ1v) is 9.84. The van der Waals surface area contributed by atoms with E-state index in [1.165, 1.54) is 18.2 Å². The van der Waals surface area contributed by atoms with Gasteiger partial charge in [-0.2, -0.15) is 0 Å². The Labute approximate surface area is 178 Å². The normalized spacial score (nSPS) is 15.1. The maximum atomic E-state index is 11.5. The number of phenolic OH excluding ortho intramolecular Hbond substituents is 2. The Morgan fingerprint density at radius 1 is 1.14 bits per heavy atom. The van der Waals surface area contributed by atoms with Crippen LogP contribution in [0.25, 0.3) is 0 Å². The lowest BCUT2D eigenvalue weighted by molar-refractivity contribution is -0.110. The number of aromatic hydroxyl groups is 2. The van der Waals surface area contributed by atoms with Crippen molar-refractivity contribution in [1.29, 1.82) is 0 Å². The number of halogens is 2. The van der Waals surface area contributed by atoms with Gasteiger partial charge in [0.15, 0.2) is 5.78 Å². The minimum atomic E-state index is -0.277. The summed E-state index contributed by atoms with van der Waals surface area (Å²) in [5, 5.41) is 20.7. The third-order valence-corrected chi connectivity index (χ3v) is 5.17. The number of aliphatic imine (C=N–C) groups is 1. The molecule has 2 aromatic carbocycles. The Balaban J connectivity index is 2.08. The second-order valence-electron chi connectivity index (χ2n) is 6.73. The van der Waals surface area contributed by atoms with E-state index in [1.807, 2.05) is 6.92 Å². The molecule has 0 fully saturated rings. The summed E-state index contributed by atoms with van der Waals surface area (Å²) in [7, 11) is 0. The Kier molecular flexibility index (Phi) is 6.30. The Morgan fingerprint density at radius 2 is 1.90 bits per heavy atom. The second-order valence-corrected chi connectivity index (χ2v) is 7.55. The molecule has 0 atom stereocenters. The molecule has 5 nitrogen and oxygen atoms in total. The van der Waals surface area contributed by atoms with Crippen LogP contribution in [0.3, 0.4) is 0 Å². The van der Waals surface area contributed by atoms with Gasteiger partial charge < -0.3 is 15.9 Å². The molecule has 1 aliphatic rings. The molecule has 0 unspecified atom stereocenters. The summed E-state index contributed by atoms with van der Waals surface area (Å²) in [4.78, 5) is 16.1. The quantitative estimate of drug-likeness (QED) is 0.447. The van der Waals surface area contributed by atoms with Crippen molar-refractivity contribution in [3.63, 3.8) is 0 Å². The molecular weight excluding hydrogens is 411 g/mol. The predicted molar refractivity (Wildman–Crippen MR) is 118 cm³/mol. The number of hydrogen-bond donors (Lipinski definition) is 3. The summed E-state index contributed by atoms with van der Waals surface area (Å²) in [6, 6.07) is 6.61. The number of ketones is 1. The van der Waals surface area contributed by atoms with Gasteiger partial charge in [0.25, 0.3) is 0 Å². The van der Waals surface area contributed by atoms with Gasteiger partial charge in [0.05, 0.1) is 27.1 Å². The molecule has 0 radical (unpaired) electrons. The summed E-state index contributed by atoms with van der Waals surface area (Å²) >= 11 is 11.9. The van der Waals surface area contributed by atoms with Crippen LogP contribution in [-0.4, -0.2) is 21.7 Å². The van der Waals surface area contributed by atoms with Crippen LogP contribution in [-0.2, 0) is 17.6 Å². The number of benzene rings is 2. The Bertz CT molecular complexity index is 1070. The van der Waals surface area contributed by atoms with Gasteiger partial charge in [0.2, 0.25) is 0 Å². The lowest BCUT2D eigenvalue weighted by Crippen LogP contribution is -2.04. The third kappa shape index (κ3) is 4.63. The molecule has 7 heteroatoms. The highest BCUT2D eigenvalue weighted by molar-refractivity contribution is 6.47. The first kappa shape index (κ1) is 21.0. The van der Waals surface area contributed by atoms with Gasteiger partial charge in [0.1, 0.15) is 11.5 Å². The summed E-state index contributed by atoms with van der Waals surface area (Å²) in [5.41, 5.74) is 9.74. The molecule has 0 spiro atoms. The van der Waals surface area contributed by atoms with E-state index in [4.69, 9.17) is 28.9 Å². The summed E-state index contributed by atoms with van der Waals surface area (Å²) in [6.07, 6.45) is 6.16. The number of nitrogen functional groups attached to an aromatic ring is 1. The lowest BCUT2D eigenvalue weighted by atomic mass is 9.96. The molecule has 3 rings (SSSR count). The molecule has 29 heavy (non-hydrogen) atoms. The number of nitrogens with two attached hydrogens (primary N) is 1. The van der Waals surface area contributed by atoms with Crippen molar-refractivity contribution in [2.24, 2.45) is 4.99 Å². The summed E-state index contributed by atoms with van der Waals surface area (Å²) in [6.45, 7) is 1.99. The second kappa shape index (κ2) is 8.72. The number of carbonyl (C=O) groups is 1. The molecule has 0 amide bonds. The fraction of sp³-hybridized carbons (Fsp3) is 0.182. The molecule has 4 N–H and O–H groups in total. The van der Waals surface area contributed by atoms with Crippen molar-refractivity contribution in [2.75, 3.05) is 5.73 Å². The first-order chi connectivity index (χ1) is 13.8. The fourth-order valence-electron chi connectivity index (χ4n) is 3.10. The highest BCUT2D eigenvalue weighted by Gasteiger charge is 2.17.